The van der Waals surface area contributed by atoms with Crippen LogP contribution in [0, 0.1) is 11.8 Å². The lowest BCUT2D eigenvalue weighted by molar-refractivity contribution is -0.147. The van der Waals surface area contributed by atoms with Gasteiger partial charge >= 0.3 is 5.97 Å². The second kappa shape index (κ2) is 5.44. The van der Waals surface area contributed by atoms with Crippen molar-refractivity contribution in [1.82, 2.24) is 0 Å². The van der Waals surface area contributed by atoms with Crippen molar-refractivity contribution in [2.75, 3.05) is 0 Å². The van der Waals surface area contributed by atoms with Crippen LogP contribution in [0.5, 0.6) is 0 Å². The highest BCUT2D eigenvalue weighted by Gasteiger charge is 2.14. The molecular formula is C13H12Cl2O2. The van der Waals surface area contributed by atoms with Crippen molar-refractivity contribution in [2.45, 2.75) is 26.4 Å². The highest BCUT2D eigenvalue weighted by Crippen LogP contribution is 2.24. The molecule has 0 amide bonds. The molecule has 1 rings (SSSR count). The lowest BCUT2D eigenvalue weighted by Gasteiger charge is -2.16. The lowest BCUT2D eigenvalue weighted by atomic mass is 10.2. The van der Waals surface area contributed by atoms with Gasteiger partial charge in [-0.05, 0) is 32.9 Å². The number of esters is 1. The predicted molar refractivity (Wildman–Crippen MR) is 69.2 cm³/mol. The van der Waals surface area contributed by atoms with Crippen LogP contribution < -0.4 is 0 Å². The fourth-order valence-corrected chi connectivity index (χ4v) is 1.37. The van der Waals surface area contributed by atoms with E-state index in [1.165, 1.54) is 0 Å². The molecule has 0 saturated heterocycles. The van der Waals surface area contributed by atoms with Crippen LogP contribution in [0.25, 0.3) is 0 Å². The number of carbonyl (C=O) groups excluding carboxylic acids is 1. The number of rotatable bonds is 0. The average Bonchev–Trinajstić information content (AvgIpc) is 2.18. The van der Waals surface area contributed by atoms with Crippen LogP contribution in [0.4, 0.5) is 0 Å². The van der Waals surface area contributed by atoms with Gasteiger partial charge in [-0.15, -0.1) is 0 Å². The Balaban J connectivity index is 2.86. The minimum atomic E-state index is -0.589. The van der Waals surface area contributed by atoms with Gasteiger partial charge in [0.25, 0.3) is 0 Å². The van der Waals surface area contributed by atoms with E-state index in [0.717, 1.165) is 0 Å². The van der Waals surface area contributed by atoms with Crippen molar-refractivity contribution in [3.8, 4) is 11.8 Å². The van der Waals surface area contributed by atoms with Crippen molar-refractivity contribution in [2.24, 2.45) is 0 Å². The zero-order valence-corrected chi connectivity index (χ0v) is 11.3. The van der Waals surface area contributed by atoms with Crippen LogP contribution in [0.15, 0.2) is 18.2 Å². The number of carbonyl (C=O) groups is 1. The summed E-state index contributed by atoms with van der Waals surface area (Å²) in [6, 6.07) is 5.06. The van der Waals surface area contributed by atoms with Gasteiger partial charge in [0, 0.05) is 11.5 Å². The maximum absolute atomic E-state index is 11.4. The van der Waals surface area contributed by atoms with Gasteiger partial charge in [0.15, 0.2) is 0 Å². The van der Waals surface area contributed by atoms with E-state index in [1.54, 1.807) is 39.0 Å². The molecule has 0 fully saturated rings. The summed E-state index contributed by atoms with van der Waals surface area (Å²) in [5.74, 6) is 4.42. The first-order chi connectivity index (χ1) is 7.79. The third-order valence-electron chi connectivity index (χ3n) is 1.65. The van der Waals surface area contributed by atoms with E-state index in [1.807, 2.05) is 0 Å². The second-order valence-electron chi connectivity index (χ2n) is 4.35. The van der Waals surface area contributed by atoms with Crippen molar-refractivity contribution < 1.29 is 9.53 Å². The van der Waals surface area contributed by atoms with Crippen LogP contribution >= 0.6 is 23.2 Å². The smallest absolute Gasteiger partial charge is 0.385 e. The highest BCUT2D eigenvalue weighted by molar-refractivity contribution is 6.42. The quantitative estimate of drug-likeness (QED) is 0.531. The first-order valence-electron chi connectivity index (χ1n) is 4.98. The third-order valence-corrected chi connectivity index (χ3v) is 2.47. The Hall–Kier alpha value is -1.17. The second-order valence-corrected chi connectivity index (χ2v) is 5.14. The molecule has 90 valence electrons. The minimum Gasteiger partial charge on any atom is -0.450 e. The maximum atomic E-state index is 11.4. The first kappa shape index (κ1) is 13.9. The highest BCUT2D eigenvalue weighted by atomic mass is 35.5. The van der Waals surface area contributed by atoms with Crippen LogP contribution in [-0.2, 0) is 9.53 Å². The van der Waals surface area contributed by atoms with E-state index in [2.05, 4.69) is 11.8 Å². The number of hydrogen-bond acceptors (Lipinski definition) is 2. The van der Waals surface area contributed by atoms with Gasteiger partial charge in [-0.3, -0.25) is 0 Å². The van der Waals surface area contributed by atoms with Crippen LogP contribution in [0.2, 0.25) is 10.0 Å². The molecule has 0 aliphatic carbocycles. The van der Waals surface area contributed by atoms with E-state index < -0.39 is 11.6 Å². The molecule has 0 aliphatic heterocycles. The Kier molecular flexibility index (Phi) is 4.45. The molecule has 4 heteroatoms. The van der Waals surface area contributed by atoms with Crippen molar-refractivity contribution >= 4 is 29.2 Å². The molecule has 0 spiro atoms. The molecule has 1 aromatic carbocycles. The summed E-state index contributed by atoms with van der Waals surface area (Å²) in [7, 11) is 0. The Morgan fingerprint density at radius 1 is 1.29 bits per heavy atom. The van der Waals surface area contributed by atoms with Gasteiger partial charge in [-0.1, -0.05) is 35.2 Å². The zero-order valence-electron chi connectivity index (χ0n) is 9.80. The monoisotopic (exact) mass is 270 g/mol. The van der Waals surface area contributed by atoms with E-state index in [4.69, 9.17) is 27.9 Å². The molecule has 0 radical (unpaired) electrons. The molecule has 0 aromatic heterocycles. The van der Waals surface area contributed by atoms with Crippen LogP contribution in [0.1, 0.15) is 26.3 Å². The Morgan fingerprint density at radius 3 is 2.53 bits per heavy atom. The molecule has 1 aromatic rings. The summed E-state index contributed by atoms with van der Waals surface area (Å²) >= 11 is 11.7. The van der Waals surface area contributed by atoms with Crippen LogP contribution in [-0.4, -0.2) is 11.6 Å². The van der Waals surface area contributed by atoms with Gasteiger partial charge in [0.1, 0.15) is 5.60 Å². The SMILES string of the molecule is CC(C)(C)OC(=O)C#Cc1cccc(Cl)c1Cl. The lowest BCUT2D eigenvalue weighted by Crippen LogP contribution is -2.22. The number of halogens is 2. The maximum Gasteiger partial charge on any atom is 0.385 e. The summed E-state index contributed by atoms with van der Waals surface area (Å²) in [4.78, 5) is 11.4. The Labute approximate surface area is 111 Å². The van der Waals surface area contributed by atoms with Gasteiger partial charge < -0.3 is 4.74 Å². The molecule has 17 heavy (non-hydrogen) atoms. The fourth-order valence-electron chi connectivity index (χ4n) is 1.02. The van der Waals surface area contributed by atoms with Gasteiger partial charge in [0.05, 0.1) is 10.0 Å². The standard InChI is InChI=1S/C13H12Cl2O2/c1-13(2,3)17-11(16)8-7-9-5-4-6-10(14)12(9)15/h4-6H,1-3H3. The normalized spacial score (nSPS) is 10.4. The van der Waals surface area contributed by atoms with Gasteiger partial charge in [0.2, 0.25) is 0 Å². The fraction of sp³-hybridized carbons (Fsp3) is 0.308. The summed E-state index contributed by atoms with van der Waals surface area (Å²) in [5.41, 5.74) is -0.0470. The number of hydrogen-bond donors (Lipinski definition) is 0. The van der Waals surface area contributed by atoms with E-state index in [-0.39, 0.29) is 0 Å². The Bertz CT molecular complexity index is 490. The summed E-state index contributed by atoms with van der Waals surface area (Å²) < 4.78 is 5.04. The summed E-state index contributed by atoms with van der Waals surface area (Å²) in [6.45, 7) is 5.33. The topological polar surface area (TPSA) is 26.3 Å². The molecule has 0 unspecified atom stereocenters. The third kappa shape index (κ3) is 4.68. The van der Waals surface area contributed by atoms with E-state index in [9.17, 15) is 4.79 Å². The van der Waals surface area contributed by atoms with Crippen molar-refractivity contribution in [1.29, 1.82) is 0 Å². The summed E-state index contributed by atoms with van der Waals surface area (Å²) in [6.07, 6.45) is 0. The predicted octanol–water partition coefficient (Wildman–Crippen LogP) is 3.69. The van der Waals surface area contributed by atoms with Crippen LogP contribution in [0.3, 0.4) is 0 Å². The molecule has 0 heterocycles. The summed E-state index contributed by atoms with van der Waals surface area (Å²) in [5, 5.41) is 0.743. The minimum absolute atomic E-state index is 0.338. The molecular weight excluding hydrogens is 259 g/mol. The molecule has 0 saturated carbocycles. The number of benzene rings is 1. The molecule has 0 bridgehead atoms. The Morgan fingerprint density at radius 2 is 1.94 bits per heavy atom. The molecule has 2 nitrogen and oxygen atoms in total. The molecule has 0 atom stereocenters. The van der Waals surface area contributed by atoms with Gasteiger partial charge in [-0.2, -0.15) is 0 Å². The van der Waals surface area contributed by atoms with Crippen molar-refractivity contribution in [3.63, 3.8) is 0 Å². The van der Waals surface area contributed by atoms with E-state index in [0.29, 0.717) is 15.6 Å². The average molecular weight is 271 g/mol. The first-order valence-corrected chi connectivity index (χ1v) is 5.74. The zero-order chi connectivity index (χ0) is 13.1. The van der Waals surface area contributed by atoms with Gasteiger partial charge in [-0.25, -0.2) is 4.79 Å². The molecule has 0 N–H and O–H groups in total. The largest absolute Gasteiger partial charge is 0.450 e. The number of ether oxygens (including phenoxy) is 1. The van der Waals surface area contributed by atoms with E-state index >= 15 is 0 Å². The molecule has 0 aliphatic rings. The van der Waals surface area contributed by atoms with Crippen molar-refractivity contribution in [3.05, 3.63) is 33.8 Å².